The molecule has 0 bridgehead atoms. The number of hydrogen-bond acceptors (Lipinski definition) is 4. The fourth-order valence-electron chi connectivity index (χ4n) is 3.16. The molecule has 0 spiro atoms. The van der Waals surface area contributed by atoms with Crippen LogP contribution in [0.5, 0.6) is 0 Å². The van der Waals surface area contributed by atoms with Crippen LogP contribution in [-0.2, 0) is 18.3 Å². The summed E-state index contributed by atoms with van der Waals surface area (Å²) in [6.45, 7) is 4.09. The third-order valence-corrected chi connectivity index (χ3v) is 4.72. The summed E-state index contributed by atoms with van der Waals surface area (Å²) in [4.78, 5) is 16.7. The first kappa shape index (κ1) is 17.6. The van der Waals surface area contributed by atoms with Crippen molar-refractivity contribution in [3.05, 3.63) is 41.2 Å². The Bertz CT molecular complexity index is 701. The maximum atomic E-state index is 12.2. The lowest BCUT2D eigenvalue weighted by molar-refractivity contribution is -0.116. The van der Waals surface area contributed by atoms with E-state index in [9.17, 15) is 4.79 Å². The summed E-state index contributed by atoms with van der Waals surface area (Å²) >= 11 is 0. The highest BCUT2D eigenvalue weighted by Crippen LogP contribution is 2.23. The van der Waals surface area contributed by atoms with Crippen LogP contribution in [0.4, 0.5) is 5.95 Å². The molecule has 1 aliphatic rings. The zero-order valence-corrected chi connectivity index (χ0v) is 15.1. The fraction of sp³-hybridized carbons (Fsp3) is 0.526. The van der Waals surface area contributed by atoms with Crippen molar-refractivity contribution in [2.24, 2.45) is 7.05 Å². The number of nitrogens with one attached hydrogen (secondary N) is 2. The topological polar surface area (TPSA) is 71.8 Å². The molecule has 2 heterocycles. The lowest BCUT2D eigenvalue weighted by atomic mass is 9.98. The van der Waals surface area contributed by atoms with E-state index in [0.29, 0.717) is 18.3 Å². The van der Waals surface area contributed by atoms with E-state index in [-0.39, 0.29) is 5.91 Å². The van der Waals surface area contributed by atoms with Gasteiger partial charge in [0.2, 0.25) is 11.9 Å². The quantitative estimate of drug-likeness (QED) is 0.847. The zero-order chi connectivity index (χ0) is 17.6. The second-order valence-electron chi connectivity index (χ2n) is 6.83. The molecule has 1 aromatic carbocycles. The van der Waals surface area contributed by atoms with Gasteiger partial charge in [-0.25, -0.2) is 4.68 Å². The standard InChI is InChI=1S/C19H27N5O/c1-14-6-8-15(9-7-14)4-3-5-17(25)21-19-22-18(23-24(19)2)16-10-12-20-13-11-16/h6-9,16,20H,3-5,10-13H2,1-2H3,(H,21,22,23,25). The van der Waals surface area contributed by atoms with E-state index in [2.05, 4.69) is 51.9 Å². The Hall–Kier alpha value is -2.21. The first-order valence-electron chi connectivity index (χ1n) is 9.09. The van der Waals surface area contributed by atoms with Gasteiger partial charge in [-0.05, 0) is 51.3 Å². The molecule has 1 fully saturated rings. The summed E-state index contributed by atoms with van der Waals surface area (Å²) in [7, 11) is 1.83. The summed E-state index contributed by atoms with van der Waals surface area (Å²) in [5, 5.41) is 10.7. The third kappa shape index (κ3) is 4.89. The van der Waals surface area contributed by atoms with E-state index in [1.165, 1.54) is 11.1 Å². The van der Waals surface area contributed by atoms with Crippen molar-refractivity contribution in [1.82, 2.24) is 20.1 Å². The van der Waals surface area contributed by atoms with Gasteiger partial charge in [0.1, 0.15) is 0 Å². The predicted molar refractivity (Wildman–Crippen MR) is 98.6 cm³/mol. The average molecular weight is 341 g/mol. The van der Waals surface area contributed by atoms with Crippen molar-refractivity contribution in [3.8, 4) is 0 Å². The number of amides is 1. The highest BCUT2D eigenvalue weighted by molar-refractivity contribution is 5.88. The van der Waals surface area contributed by atoms with E-state index >= 15 is 0 Å². The minimum Gasteiger partial charge on any atom is -0.317 e. The summed E-state index contributed by atoms with van der Waals surface area (Å²) in [5.74, 6) is 1.78. The lowest BCUT2D eigenvalue weighted by Crippen LogP contribution is -2.27. The molecule has 1 aliphatic heterocycles. The largest absolute Gasteiger partial charge is 0.317 e. The number of rotatable bonds is 6. The number of carbonyl (C=O) groups excluding carboxylic acids is 1. The van der Waals surface area contributed by atoms with Crippen LogP contribution in [0.2, 0.25) is 0 Å². The van der Waals surface area contributed by atoms with Gasteiger partial charge in [-0.15, -0.1) is 0 Å². The Balaban J connectivity index is 1.49. The number of carbonyl (C=O) groups is 1. The van der Waals surface area contributed by atoms with Crippen molar-refractivity contribution < 1.29 is 4.79 Å². The summed E-state index contributed by atoms with van der Waals surface area (Å²) in [6.07, 6.45) is 4.33. The molecule has 0 radical (unpaired) electrons. The van der Waals surface area contributed by atoms with E-state index in [1.807, 2.05) is 7.05 Å². The Morgan fingerprint density at radius 3 is 2.72 bits per heavy atom. The number of hydrogen-bond donors (Lipinski definition) is 2. The number of anilines is 1. The van der Waals surface area contributed by atoms with Crippen molar-refractivity contribution in [3.63, 3.8) is 0 Å². The second kappa shape index (κ2) is 8.25. The van der Waals surface area contributed by atoms with Gasteiger partial charge in [0.05, 0.1) is 0 Å². The van der Waals surface area contributed by atoms with E-state index in [0.717, 1.165) is 44.6 Å². The highest BCUT2D eigenvalue weighted by atomic mass is 16.1. The Morgan fingerprint density at radius 1 is 1.28 bits per heavy atom. The Labute approximate surface area is 149 Å². The van der Waals surface area contributed by atoms with Gasteiger partial charge < -0.3 is 5.32 Å². The number of nitrogens with zero attached hydrogens (tertiary/aromatic N) is 3. The van der Waals surface area contributed by atoms with Gasteiger partial charge in [-0.1, -0.05) is 29.8 Å². The Kier molecular flexibility index (Phi) is 5.81. The van der Waals surface area contributed by atoms with Crippen LogP contribution in [0.3, 0.4) is 0 Å². The summed E-state index contributed by atoms with van der Waals surface area (Å²) < 4.78 is 1.68. The summed E-state index contributed by atoms with van der Waals surface area (Å²) in [6, 6.07) is 8.47. The van der Waals surface area contributed by atoms with Crippen LogP contribution >= 0.6 is 0 Å². The number of aromatic nitrogens is 3. The maximum Gasteiger partial charge on any atom is 0.227 e. The molecule has 3 rings (SSSR count). The summed E-state index contributed by atoms with van der Waals surface area (Å²) in [5.41, 5.74) is 2.53. The first-order valence-corrected chi connectivity index (χ1v) is 9.09. The van der Waals surface area contributed by atoms with Gasteiger partial charge in [0.25, 0.3) is 0 Å². The van der Waals surface area contributed by atoms with Crippen LogP contribution in [-0.4, -0.2) is 33.8 Å². The van der Waals surface area contributed by atoms with Crippen molar-refractivity contribution in [1.29, 1.82) is 0 Å². The van der Waals surface area contributed by atoms with Gasteiger partial charge in [-0.2, -0.15) is 10.1 Å². The predicted octanol–water partition coefficient (Wildman–Crippen LogP) is 2.55. The monoisotopic (exact) mass is 341 g/mol. The second-order valence-corrected chi connectivity index (χ2v) is 6.83. The van der Waals surface area contributed by atoms with Crippen molar-refractivity contribution >= 4 is 11.9 Å². The van der Waals surface area contributed by atoms with Crippen molar-refractivity contribution in [2.75, 3.05) is 18.4 Å². The minimum absolute atomic E-state index is 0.000488. The molecule has 2 aromatic rings. The van der Waals surface area contributed by atoms with E-state index in [4.69, 9.17) is 0 Å². The van der Waals surface area contributed by atoms with Crippen LogP contribution < -0.4 is 10.6 Å². The number of aryl methyl sites for hydroxylation is 3. The molecule has 134 valence electrons. The Morgan fingerprint density at radius 2 is 2.00 bits per heavy atom. The smallest absolute Gasteiger partial charge is 0.227 e. The SMILES string of the molecule is Cc1ccc(CCCC(=O)Nc2nc(C3CCNCC3)nn2C)cc1. The number of piperidine rings is 1. The van der Waals surface area contributed by atoms with Gasteiger partial charge >= 0.3 is 0 Å². The molecule has 1 saturated heterocycles. The molecule has 2 N–H and O–H groups in total. The van der Waals surface area contributed by atoms with Gasteiger partial charge in [-0.3, -0.25) is 10.1 Å². The third-order valence-electron chi connectivity index (χ3n) is 4.72. The molecule has 0 aliphatic carbocycles. The van der Waals surface area contributed by atoms with Gasteiger partial charge in [0, 0.05) is 19.4 Å². The lowest BCUT2D eigenvalue weighted by Gasteiger charge is -2.19. The molecule has 0 atom stereocenters. The molecule has 25 heavy (non-hydrogen) atoms. The van der Waals surface area contributed by atoms with Crippen LogP contribution in [0.1, 0.15) is 48.6 Å². The zero-order valence-electron chi connectivity index (χ0n) is 15.1. The normalized spacial score (nSPS) is 15.3. The first-order chi connectivity index (χ1) is 12.1. The molecule has 1 amide bonds. The highest BCUT2D eigenvalue weighted by Gasteiger charge is 2.21. The van der Waals surface area contributed by atoms with E-state index in [1.54, 1.807) is 4.68 Å². The molecule has 0 unspecified atom stereocenters. The molecular formula is C19H27N5O. The van der Waals surface area contributed by atoms with Crippen LogP contribution in [0.15, 0.2) is 24.3 Å². The maximum absolute atomic E-state index is 12.2. The minimum atomic E-state index is -0.000488. The van der Waals surface area contributed by atoms with Crippen molar-refractivity contribution in [2.45, 2.75) is 44.9 Å². The van der Waals surface area contributed by atoms with Gasteiger partial charge in [0.15, 0.2) is 5.82 Å². The van der Waals surface area contributed by atoms with Crippen LogP contribution in [0.25, 0.3) is 0 Å². The molecule has 6 nitrogen and oxygen atoms in total. The molecule has 0 saturated carbocycles. The average Bonchev–Trinajstić information content (AvgIpc) is 2.98. The molecular weight excluding hydrogens is 314 g/mol. The molecule has 6 heteroatoms. The fourth-order valence-corrected chi connectivity index (χ4v) is 3.16. The number of benzene rings is 1. The molecule has 1 aromatic heterocycles. The van der Waals surface area contributed by atoms with E-state index < -0.39 is 0 Å². The van der Waals surface area contributed by atoms with Crippen LogP contribution in [0, 0.1) is 6.92 Å².